The molecule has 3 nitrogen and oxygen atoms in total. The van der Waals surface area contributed by atoms with Gasteiger partial charge in [0, 0.05) is 5.33 Å². The molecule has 0 aromatic heterocycles. The van der Waals surface area contributed by atoms with Crippen LogP contribution in [0.4, 0.5) is 0 Å². The second kappa shape index (κ2) is 8.89. The Labute approximate surface area is 99.7 Å². The largest absolute Gasteiger partial charge is 0.465 e. The van der Waals surface area contributed by atoms with Gasteiger partial charge in [0.15, 0.2) is 0 Å². The predicted molar refractivity (Wildman–Crippen MR) is 63.1 cm³/mol. The fraction of sp³-hybridized carbons (Fsp3) is 0.818. The number of halogens is 1. The van der Waals surface area contributed by atoms with Gasteiger partial charge < -0.3 is 4.74 Å². The van der Waals surface area contributed by atoms with E-state index in [0.717, 1.165) is 24.6 Å². The van der Waals surface area contributed by atoms with Crippen LogP contribution < -0.4 is 0 Å². The third-order valence-electron chi connectivity index (χ3n) is 2.19. The van der Waals surface area contributed by atoms with Crippen molar-refractivity contribution in [3.8, 4) is 0 Å². The Bertz CT molecular complexity index is 204. The first-order valence-electron chi connectivity index (χ1n) is 5.36. The fourth-order valence-electron chi connectivity index (χ4n) is 1.35. The summed E-state index contributed by atoms with van der Waals surface area (Å²) < 4.78 is 4.85. The molecule has 0 spiro atoms. The number of hydrogen-bond acceptors (Lipinski definition) is 3. The van der Waals surface area contributed by atoms with Gasteiger partial charge in [-0.1, -0.05) is 28.8 Å². The zero-order chi connectivity index (χ0) is 11.7. The van der Waals surface area contributed by atoms with Crippen molar-refractivity contribution in [1.82, 2.24) is 0 Å². The van der Waals surface area contributed by atoms with Crippen LogP contribution in [0, 0.1) is 5.92 Å². The highest BCUT2D eigenvalue weighted by Gasteiger charge is 2.23. The first kappa shape index (κ1) is 14.6. The molecule has 0 saturated heterocycles. The van der Waals surface area contributed by atoms with Crippen LogP contribution in [-0.4, -0.2) is 23.7 Å². The molecule has 88 valence electrons. The molecule has 0 amide bonds. The van der Waals surface area contributed by atoms with Crippen LogP contribution in [0.15, 0.2) is 0 Å². The molecule has 15 heavy (non-hydrogen) atoms. The number of hydrogen-bond donors (Lipinski definition) is 0. The predicted octanol–water partition coefficient (Wildman–Crippen LogP) is 2.71. The van der Waals surface area contributed by atoms with E-state index in [1.165, 1.54) is 6.92 Å². The van der Waals surface area contributed by atoms with Crippen LogP contribution in [0.2, 0.25) is 0 Å². The van der Waals surface area contributed by atoms with Crippen molar-refractivity contribution >= 4 is 27.7 Å². The molecule has 0 bridgehead atoms. The normalized spacial score (nSPS) is 12.2. The Kier molecular flexibility index (Phi) is 8.67. The van der Waals surface area contributed by atoms with E-state index in [-0.39, 0.29) is 11.8 Å². The molecule has 0 radical (unpaired) electrons. The average Bonchev–Trinajstić information content (AvgIpc) is 2.17. The van der Waals surface area contributed by atoms with Crippen molar-refractivity contribution in [3.05, 3.63) is 0 Å². The van der Waals surface area contributed by atoms with E-state index in [4.69, 9.17) is 4.74 Å². The molecule has 0 aromatic rings. The second-order valence-electron chi connectivity index (χ2n) is 3.45. The number of carbonyl (C=O) groups is 2. The number of carbonyl (C=O) groups excluding carboxylic acids is 2. The number of rotatable bonds is 8. The van der Waals surface area contributed by atoms with Gasteiger partial charge in [-0.2, -0.15) is 0 Å². The SMILES string of the molecule is CCOC(=O)C(CCCCCBr)C(C)=O. The van der Waals surface area contributed by atoms with E-state index in [0.29, 0.717) is 13.0 Å². The van der Waals surface area contributed by atoms with E-state index in [1.807, 2.05) is 0 Å². The Morgan fingerprint density at radius 1 is 1.27 bits per heavy atom. The van der Waals surface area contributed by atoms with Gasteiger partial charge in [0.25, 0.3) is 0 Å². The lowest BCUT2D eigenvalue weighted by Crippen LogP contribution is -2.24. The van der Waals surface area contributed by atoms with Gasteiger partial charge >= 0.3 is 5.97 Å². The number of unbranched alkanes of at least 4 members (excludes halogenated alkanes) is 2. The number of ketones is 1. The quantitative estimate of drug-likeness (QED) is 0.297. The van der Waals surface area contributed by atoms with Crippen LogP contribution in [0.25, 0.3) is 0 Å². The lowest BCUT2D eigenvalue weighted by molar-refractivity contribution is -0.151. The average molecular weight is 279 g/mol. The van der Waals surface area contributed by atoms with Crippen molar-refractivity contribution in [2.24, 2.45) is 5.92 Å². The maximum absolute atomic E-state index is 11.4. The highest BCUT2D eigenvalue weighted by Crippen LogP contribution is 2.13. The minimum atomic E-state index is -0.555. The van der Waals surface area contributed by atoms with Crippen molar-refractivity contribution in [1.29, 1.82) is 0 Å². The fourth-order valence-corrected chi connectivity index (χ4v) is 1.75. The molecule has 4 heteroatoms. The summed E-state index contributed by atoms with van der Waals surface area (Å²) in [5, 5.41) is 0.969. The van der Waals surface area contributed by atoms with Gasteiger partial charge in [-0.25, -0.2) is 0 Å². The zero-order valence-corrected chi connectivity index (χ0v) is 11.0. The zero-order valence-electron chi connectivity index (χ0n) is 9.42. The molecule has 0 aliphatic heterocycles. The number of ether oxygens (including phenoxy) is 1. The summed E-state index contributed by atoms with van der Waals surface area (Å²) in [6.45, 7) is 3.54. The van der Waals surface area contributed by atoms with E-state index in [1.54, 1.807) is 6.92 Å². The van der Waals surface area contributed by atoms with Crippen molar-refractivity contribution in [2.45, 2.75) is 39.5 Å². The second-order valence-corrected chi connectivity index (χ2v) is 4.25. The Morgan fingerprint density at radius 2 is 1.93 bits per heavy atom. The van der Waals surface area contributed by atoms with Gasteiger partial charge in [0.2, 0.25) is 0 Å². The van der Waals surface area contributed by atoms with E-state index < -0.39 is 5.92 Å². The van der Waals surface area contributed by atoms with Crippen molar-refractivity contribution < 1.29 is 14.3 Å². The number of esters is 1. The molecule has 1 atom stereocenters. The first-order valence-corrected chi connectivity index (χ1v) is 6.48. The highest BCUT2D eigenvalue weighted by molar-refractivity contribution is 9.09. The standard InChI is InChI=1S/C11H19BrO3/c1-3-15-11(14)10(9(2)13)7-5-4-6-8-12/h10H,3-8H2,1-2H3. The third kappa shape index (κ3) is 6.66. The maximum atomic E-state index is 11.4. The maximum Gasteiger partial charge on any atom is 0.316 e. The van der Waals surface area contributed by atoms with Crippen LogP contribution in [0.3, 0.4) is 0 Å². The lowest BCUT2D eigenvalue weighted by Gasteiger charge is -2.11. The van der Waals surface area contributed by atoms with Crippen molar-refractivity contribution in [2.75, 3.05) is 11.9 Å². The molecule has 0 aliphatic carbocycles. The minimum absolute atomic E-state index is 0.0905. The van der Waals surface area contributed by atoms with E-state index in [9.17, 15) is 9.59 Å². The Hall–Kier alpha value is -0.380. The van der Waals surface area contributed by atoms with Gasteiger partial charge in [-0.05, 0) is 26.7 Å². The number of Topliss-reactive ketones (excluding diaryl/α,β-unsaturated/α-hetero) is 1. The highest BCUT2D eigenvalue weighted by atomic mass is 79.9. The van der Waals surface area contributed by atoms with Crippen LogP contribution >= 0.6 is 15.9 Å². The molecule has 0 heterocycles. The summed E-state index contributed by atoms with van der Waals surface area (Å²) in [4.78, 5) is 22.6. The summed E-state index contributed by atoms with van der Waals surface area (Å²) in [5.41, 5.74) is 0. The van der Waals surface area contributed by atoms with E-state index in [2.05, 4.69) is 15.9 Å². The molecular weight excluding hydrogens is 260 g/mol. The van der Waals surface area contributed by atoms with Gasteiger partial charge in [-0.15, -0.1) is 0 Å². The third-order valence-corrected chi connectivity index (χ3v) is 2.75. The molecule has 0 saturated carbocycles. The lowest BCUT2D eigenvalue weighted by atomic mass is 9.98. The molecule has 1 unspecified atom stereocenters. The Balaban J connectivity index is 3.94. The topological polar surface area (TPSA) is 43.4 Å². The van der Waals surface area contributed by atoms with Crippen LogP contribution in [0.1, 0.15) is 39.5 Å². The molecule has 0 rings (SSSR count). The summed E-state index contributed by atoms with van der Waals surface area (Å²) in [5.74, 6) is -1.02. The molecule has 0 N–H and O–H groups in total. The van der Waals surface area contributed by atoms with Crippen molar-refractivity contribution in [3.63, 3.8) is 0 Å². The van der Waals surface area contributed by atoms with Gasteiger partial charge in [0.1, 0.15) is 11.7 Å². The Morgan fingerprint density at radius 3 is 2.40 bits per heavy atom. The summed E-state index contributed by atoms with van der Waals surface area (Å²) >= 11 is 3.34. The number of alkyl halides is 1. The molecule has 0 aliphatic rings. The van der Waals surface area contributed by atoms with Gasteiger partial charge in [0.05, 0.1) is 6.61 Å². The van der Waals surface area contributed by atoms with Crippen LogP contribution in [-0.2, 0) is 14.3 Å². The minimum Gasteiger partial charge on any atom is -0.465 e. The first-order chi connectivity index (χ1) is 7.13. The molecule has 0 aromatic carbocycles. The summed E-state index contributed by atoms with van der Waals surface area (Å²) in [6.07, 6.45) is 3.62. The summed E-state index contributed by atoms with van der Waals surface area (Å²) in [7, 11) is 0. The summed E-state index contributed by atoms with van der Waals surface area (Å²) in [6, 6.07) is 0. The molecular formula is C11H19BrO3. The monoisotopic (exact) mass is 278 g/mol. The van der Waals surface area contributed by atoms with Crippen LogP contribution in [0.5, 0.6) is 0 Å². The molecule has 0 fully saturated rings. The van der Waals surface area contributed by atoms with E-state index >= 15 is 0 Å². The van der Waals surface area contributed by atoms with Gasteiger partial charge in [-0.3, -0.25) is 9.59 Å². The smallest absolute Gasteiger partial charge is 0.316 e.